The first kappa shape index (κ1) is 17.0. The van der Waals surface area contributed by atoms with Gasteiger partial charge in [-0.15, -0.1) is 0 Å². The summed E-state index contributed by atoms with van der Waals surface area (Å²) in [6.07, 6.45) is 2.63. The lowest BCUT2D eigenvalue weighted by Gasteiger charge is -2.34. The maximum Gasteiger partial charge on any atom is 0.328 e. The van der Waals surface area contributed by atoms with Crippen molar-refractivity contribution >= 4 is 11.9 Å². The van der Waals surface area contributed by atoms with Crippen molar-refractivity contribution in [2.24, 2.45) is 5.92 Å². The molecule has 0 aliphatic heterocycles. The molecule has 0 aromatic heterocycles. The second kappa shape index (κ2) is 7.07. The molecule has 0 unspecified atom stereocenters. The molecule has 1 N–H and O–H groups in total. The van der Waals surface area contributed by atoms with Crippen molar-refractivity contribution in [3.63, 3.8) is 0 Å². The lowest BCUT2D eigenvalue weighted by atomic mass is 9.80. The maximum absolute atomic E-state index is 11.8. The summed E-state index contributed by atoms with van der Waals surface area (Å²) >= 11 is 0. The molecule has 0 bridgehead atoms. The van der Waals surface area contributed by atoms with E-state index in [9.17, 15) is 9.59 Å². The van der Waals surface area contributed by atoms with E-state index in [-0.39, 0.29) is 5.91 Å². The number of carbonyl (C=O) groups is 2. The first-order valence-electron chi connectivity index (χ1n) is 7.35. The van der Waals surface area contributed by atoms with E-state index < -0.39 is 17.6 Å². The third-order valence-electron chi connectivity index (χ3n) is 3.21. The van der Waals surface area contributed by atoms with E-state index in [1.54, 1.807) is 6.92 Å². The third-order valence-corrected chi connectivity index (χ3v) is 3.21. The largest absolute Gasteiger partial charge is 0.458 e. The van der Waals surface area contributed by atoms with Crippen molar-refractivity contribution in [1.29, 1.82) is 0 Å². The van der Waals surface area contributed by atoms with Crippen LogP contribution in [0.2, 0.25) is 0 Å². The third kappa shape index (κ3) is 5.90. The molecule has 0 saturated heterocycles. The number of ether oxygens (including phenoxy) is 2. The van der Waals surface area contributed by atoms with Crippen LogP contribution in [0, 0.1) is 5.92 Å². The number of amides is 1. The van der Waals surface area contributed by atoms with Gasteiger partial charge in [0.2, 0.25) is 5.91 Å². The van der Waals surface area contributed by atoms with Crippen LogP contribution in [0.1, 0.15) is 53.9 Å². The molecule has 0 heterocycles. The van der Waals surface area contributed by atoms with Crippen LogP contribution in [0.4, 0.5) is 0 Å². The molecule has 5 nitrogen and oxygen atoms in total. The van der Waals surface area contributed by atoms with Crippen LogP contribution in [0.5, 0.6) is 0 Å². The average Bonchev–Trinajstić information content (AvgIpc) is 2.23. The minimum absolute atomic E-state index is 0.0942. The molecule has 0 aromatic carbocycles. The summed E-state index contributed by atoms with van der Waals surface area (Å²) in [7, 11) is 0. The molecule has 1 saturated carbocycles. The lowest BCUT2D eigenvalue weighted by Crippen LogP contribution is -2.44. The lowest BCUT2D eigenvalue weighted by molar-refractivity contribution is -0.158. The Morgan fingerprint density at radius 1 is 1.30 bits per heavy atom. The summed E-state index contributed by atoms with van der Waals surface area (Å²) in [4.78, 5) is 23.6. The molecule has 1 rings (SSSR count). The molecule has 116 valence electrons. The fraction of sp³-hybridized carbons (Fsp3) is 0.867. The zero-order valence-corrected chi connectivity index (χ0v) is 13.2. The number of nitrogens with one attached hydrogen (secondary N) is 1. The molecule has 20 heavy (non-hydrogen) atoms. The normalized spacial score (nSPS) is 23.6. The van der Waals surface area contributed by atoms with Crippen molar-refractivity contribution in [2.45, 2.75) is 71.6 Å². The zero-order chi connectivity index (χ0) is 15.3. The summed E-state index contributed by atoms with van der Waals surface area (Å²) in [6.45, 7) is 9.77. The van der Waals surface area contributed by atoms with Crippen LogP contribution in [-0.2, 0) is 19.1 Å². The van der Waals surface area contributed by atoms with Gasteiger partial charge in [0, 0.05) is 13.0 Å². The minimum Gasteiger partial charge on any atom is -0.458 e. The van der Waals surface area contributed by atoms with Gasteiger partial charge in [-0.3, -0.25) is 4.79 Å². The van der Waals surface area contributed by atoms with Gasteiger partial charge in [-0.2, -0.15) is 0 Å². The van der Waals surface area contributed by atoms with Crippen molar-refractivity contribution < 1.29 is 19.1 Å². The molecule has 1 fully saturated rings. The Labute approximate surface area is 121 Å². The van der Waals surface area contributed by atoms with Gasteiger partial charge in [0.1, 0.15) is 11.6 Å². The average molecular weight is 285 g/mol. The number of rotatable bonds is 6. The number of esters is 1. The van der Waals surface area contributed by atoms with Crippen LogP contribution in [0.15, 0.2) is 0 Å². The van der Waals surface area contributed by atoms with Crippen LogP contribution in [0.3, 0.4) is 0 Å². The topological polar surface area (TPSA) is 64.6 Å². The maximum atomic E-state index is 11.8. The van der Waals surface area contributed by atoms with Gasteiger partial charge >= 0.3 is 5.97 Å². The predicted octanol–water partition coefficient (Wildman–Crippen LogP) is 2.04. The van der Waals surface area contributed by atoms with E-state index in [4.69, 9.17) is 9.47 Å². The zero-order valence-electron chi connectivity index (χ0n) is 13.2. The Hall–Kier alpha value is -1.10. The number of carbonyl (C=O) groups excluding carboxylic acids is 2. The highest BCUT2D eigenvalue weighted by molar-refractivity contribution is 5.84. The van der Waals surface area contributed by atoms with Gasteiger partial charge in [0.15, 0.2) is 0 Å². The highest BCUT2D eigenvalue weighted by atomic mass is 16.6. The van der Waals surface area contributed by atoms with E-state index >= 15 is 0 Å². The highest BCUT2D eigenvalue weighted by Gasteiger charge is 2.32. The molecular formula is C15H27NO4. The Bertz CT molecular complexity index is 342. The van der Waals surface area contributed by atoms with Gasteiger partial charge in [-0.1, -0.05) is 0 Å². The van der Waals surface area contributed by atoms with Gasteiger partial charge in [0.05, 0.1) is 6.10 Å². The molecule has 0 aromatic rings. The highest BCUT2D eigenvalue weighted by Crippen LogP contribution is 2.32. The first-order valence-corrected chi connectivity index (χ1v) is 7.35. The minimum atomic E-state index is -0.607. The summed E-state index contributed by atoms with van der Waals surface area (Å²) in [5.74, 6) is -0.118. The molecule has 5 heteroatoms. The fourth-order valence-electron chi connectivity index (χ4n) is 2.22. The van der Waals surface area contributed by atoms with Crippen molar-refractivity contribution in [3.8, 4) is 0 Å². The second-order valence-electron chi connectivity index (χ2n) is 6.44. The van der Waals surface area contributed by atoms with Gasteiger partial charge in [-0.25, -0.2) is 4.79 Å². The fourth-order valence-corrected chi connectivity index (χ4v) is 2.22. The SMILES string of the molecule is CCOC1CC(CC(=O)N[C@@H](C)C(=O)OC(C)(C)C)C1. The molecule has 1 atom stereocenters. The summed E-state index contributed by atoms with van der Waals surface area (Å²) < 4.78 is 10.7. The van der Waals surface area contributed by atoms with Crippen molar-refractivity contribution in [2.75, 3.05) is 6.61 Å². The Morgan fingerprint density at radius 3 is 2.40 bits per heavy atom. The van der Waals surface area contributed by atoms with E-state index in [1.807, 2.05) is 27.7 Å². The molecule has 1 aliphatic rings. The Balaban J connectivity index is 2.24. The predicted molar refractivity (Wildman–Crippen MR) is 76.2 cm³/mol. The van der Waals surface area contributed by atoms with Gasteiger partial charge in [0.25, 0.3) is 0 Å². The van der Waals surface area contributed by atoms with Crippen molar-refractivity contribution in [3.05, 3.63) is 0 Å². The van der Waals surface area contributed by atoms with Crippen LogP contribution >= 0.6 is 0 Å². The van der Waals surface area contributed by atoms with E-state index in [0.717, 1.165) is 19.4 Å². The standard InChI is InChI=1S/C15H27NO4/c1-6-19-12-7-11(8-12)9-13(17)16-10(2)14(18)20-15(3,4)5/h10-12H,6-9H2,1-5H3,(H,16,17)/t10-,11?,12?/m0/s1. The molecule has 1 aliphatic carbocycles. The Morgan fingerprint density at radius 2 is 1.90 bits per heavy atom. The molecule has 0 spiro atoms. The second-order valence-corrected chi connectivity index (χ2v) is 6.44. The summed E-state index contributed by atoms with van der Waals surface area (Å²) in [6, 6.07) is -0.607. The summed E-state index contributed by atoms with van der Waals surface area (Å²) in [5.41, 5.74) is -0.533. The molecule has 0 radical (unpaired) electrons. The number of hydrogen-bond acceptors (Lipinski definition) is 4. The van der Waals surface area contributed by atoms with Crippen LogP contribution in [-0.4, -0.2) is 36.2 Å². The van der Waals surface area contributed by atoms with Gasteiger partial charge < -0.3 is 14.8 Å². The smallest absolute Gasteiger partial charge is 0.328 e. The molecule has 1 amide bonds. The van der Waals surface area contributed by atoms with E-state index in [1.165, 1.54) is 0 Å². The van der Waals surface area contributed by atoms with E-state index in [0.29, 0.717) is 18.4 Å². The van der Waals surface area contributed by atoms with Crippen molar-refractivity contribution in [1.82, 2.24) is 5.32 Å². The quantitative estimate of drug-likeness (QED) is 0.758. The Kier molecular flexibility index (Phi) is 5.99. The first-order chi connectivity index (χ1) is 9.21. The van der Waals surface area contributed by atoms with Crippen LogP contribution < -0.4 is 5.32 Å². The number of hydrogen-bond donors (Lipinski definition) is 1. The van der Waals surface area contributed by atoms with Crippen LogP contribution in [0.25, 0.3) is 0 Å². The van der Waals surface area contributed by atoms with Gasteiger partial charge in [-0.05, 0) is 53.4 Å². The van der Waals surface area contributed by atoms with E-state index in [2.05, 4.69) is 5.32 Å². The molecular weight excluding hydrogens is 258 g/mol. The monoisotopic (exact) mass is 285 g/mol. The summed E-state index contributed by atoms with van der Waals surface area (Å²) in [5, 5.41) is 2.69.